The number of halogens is 1. The Hall–Kier alpha value is -3.40. The number of aromatic nitrogens is 3. The third-order valence-corrected chi connectivity index (χ3v) is 6.63. The van der Waals surface area contributed by atoms with Gasteiger partial charge < -0.3 is 19.3 Å². The summed E-state index contributed by atoms with van der Waals surface area (Å²) in [4.78, 5) is 18.5. The topological polar surface area (TPSA) is 88.0 Å². The maximum Gasteiger partial charge on any atom is 0.250 e. The second-order valence-corrected chi connectivity index (χ2v) is 9.62. The van der Waals surface area contributed by atoms with Crippen molar-refractivity contribution >= 4 is 40.0 Å². The molecule has 10 heteroatoms. The van der Waals surface area contributed by atoms with Crippen LogP contribution in [0.25, 0.3) is 0 Å². The molecule has 2 aliphatic rings. The minimum atomic E-state index is 0.417. The Balaban J connectivity index is 1.22. The van der Waals surface area contributed by atoms with Crippen LogP contribution in [0.3, 0.4) is 0 Å². The van der Waals surface area contributed by atoms with Gasteiger partial charge in [-0.15, -0.1) is 0 Å². The van der Waals surface area contributed by atoms with E-state index in [1.807, 2.05) is 48.5 Å². The first-order valence-electron chi connectivity index (χ1n) is 12.4. The van der Waals surface area contributed by atoms with Crippen LogP contribution in [0.1, 0.15) is 31.2 Å². The molecule has 3 aromatic rings. The molecule has 0 spiro atoms. The van der Waals surface area contributed by atoms with Gasteiger partial charge in [-0.05, 0) is 62.1 Å². The summed E-state index contributed by atoms with van der Waals surface area (Å²) >= 11 is 3.43. The molecular weight excluding hydrogens is 522 g/mol. The first-order chi connectivity index (χ1) is 17.7. The Bertz CT molecular complexity index is 1130. The molecule has 36 heavy (non-hydrogen) atoms. The van der Waals surface area contributed by atoms with Gasteiger partial charge in [0.25, 0.3) is 0 Å². The van der Waals surface area contributed by atoms with Gasteiger partial charge in [0, 0.05) is 36.2 Å². The van der Waals surface area contributed by atoms with Crippen LogP contribution in [0.5, 0.6) is 11.5 Å². The van der Waals surface area contributed by atoms with E-state index < -0.39 is 0 Å². The molecule has 2 fully saturated rings. The molecule has 0 amide bonds. The SMILES string of the molecule is Brc1ccc(OCCOc2ccccc2/C=N/Nc2nc(N3CCCC3)nc(N3CCCC3)n2)cc1. The van der Waals surface area contributed by atoms with Crippen molar-refractivity contribution < 1.29 is 9.47 Å². The molecule has 188 valence electrons. The van der Waals surface area contributed by atoms with Crippen LogP contribution in [-0.2, 0) is 0 Å². The van der Waals surface area contributed by atoms with Crippen molar-refractivity contribution in [3.8, 4) is 11.5 Å². The fourth-order valence-corrected chi connectivity index (χ4v) is 4.51. The van der Waals surface area contributed by atoms with Crippen molar-refractivity contribution in [1.82, 2.24) is 15.0 Å². The van der Waals surface area contributed by atoms with E-state index in [9.17, 15) is 0 Å². The third kappa shape index (κ3) is 6.42. The van der Waals surface area contributed by atoms with Gasteiger partial charge in [0.05, 0.1) is 6.21 Å². The van der Waals surface area contributed by atoms with Gasteiger partial charge in [-0.25, -0.2) is 5.43 Å². The monoisotopic (exact) mass is 551 g/mol. The summed E-state index contributed by atoms with van der Waals surface area (Å²) in [6.45, 7) is 4.75. The molecule has 1 N–H and O–H groups in total. The number of hydrazone groups is 1. The van der Waals surface area contributed by atoms with Crippen LogP contribution in [0.2, 0.25) is 0 Å². The molecule has 2 aliphatic heterocycles. The predicted molar refractivity (Wildman–Crippen MR) is 146 cm³/mol. The van der Waals surface area contributed by atoms with Crippen molar-refractivity contribution in [3.63, 3.8) is 0 Å². The number of para-hydroxylation sites is 1. The molecule has 2 saturated heterocycles. The smallest absolute Gasteiger partial charge is 0.250 e. The number of hydrogen-bond donors (Lipinski definition) is 1. The Morgan fingerprint density at radius 2 is 1.42 bits per heavy atom. The summed E-state index contributed by atoms with van der Waals surface area (Å²) in [5, 5.41) is 4.41. The van der Waals surface area contributed by atoms with E-state index in [1.165, 1.54) is 0 Å². The Morgan fingerprint density at radius 1 is 0.806 bits per heavy atom. The number of ether oxygens (including phenoxy) is 2. The predicted octanol–water partition coefficient (Wildman–Crippen LogP) is 4.74. The number of rotatable bonds is 10. The number of nitrogens with zero attached hydrogens (tertiary/aromatic N) is 6. The van der Waals surface area contributed by atoms with Gasteiger partial charge >= 0.3 is 0 Å². The molecule has 9 nitrogen and oxygen atoms in total. The zero-order valence-corrected chi connectivity index (χ0v) is 21.7. The third-order valence-electron chi connectivity index (χ3n) is 6.10. The van der Waals surface area contributed by atoms with E-state index >= 15 is 0 Å². The molecule has 0 atom stereocenters. The molecule has 2 aromatic carbocycles. The van der Waals surface area contributed by atoms with Crippen molar-refractivity contribution in [2.24, 2.45) is 5.10 Å². The number of hydrogen-bond acceptors (Lipinski definition) is 9. The summed E-state index contributed by atoms with van der Waals surface area (Å²) < 4.78 is 12.7. The summed E-state index contributed by atoms with van der Waals surface area (Å²) in [7, 11) is 0. The molecule has 0 saturated carbocycles. The van der Waals surface area contributed by atoms with E-state index in [1.54, 1.807) is 6.21 Å². The van der Waals surface area contributed by atoms with Crippen LogP contribution in [0.4, 0.5) is 17.8 Å². The minimum Gasteiger partial charge on any atom is -0.490 e. The zero-order valence-electron chi connectivity index (χ0n) is 20.1. The van der Waals surface area contributed by atoms with Crippen molar-refractivity contribution in [2.45, 2.75) is 25.7 Å². The maximum atomic E-state index is 5.95. The van der Waals surface area contributed by atoms with E-state index in [0.29, 0.717) is 19.2 Å². The van der Waals surface area contributed by atoms with Crippen LogP contribution in [0, 0.1) is 0 Å². The second kappa shape index (κ2) is 12.0. The standard InChI is InChI=1S/C26H30BrN7O2/c27-21-9-11-22(12-10-21)35-17-18-36-23-8-2-1-7-20(23)19-28-32-24-29-25(33-13-3-4-14-33)31-26(30-24)34-15-5-6-16-34/h1-2,7-12,19H,3-6,13-18H2,(H,29,30,31,32)/b28-19+. The normalized spacial score (nSPS) is 15.6. The highest BCUT2D eigenvalue weighted by Crippen LogP contribution is 2.23. The Morgan fingerprint density at radius 3 is 2.08 bits per heavy atom. The van der Waals surface area contributed by atoms with Gasteiger partial charge in [0.15, 0.2) is 0 Å². The molecule has 0 radical (unpaired) electrons. The van der Waals surface area contributed by atoms with E-state index in [-0.39, 0.29) is 0 Å². The van der Waals surface area contributed by atoms with Crippen LogP contribution in [-0.4, -0.2) is 60.6 Å². The van der Waals surface area contributed by atoms with Crippen LogP contribution < -0.4 is 24.7 Å². The van der Waals surface area contributed by atoms with Gasteiger partial charge in [-0.3, -0.25) is 0 Å². The van der Waals surface area contributed by atoms with Gasteiger partial charge in [-0.2, -0.15) is 20.1 Å². The molecule has 3 heterocycles. The molecular formula is C26H30BrN7O2. The summed E-state index contributed by atoms with van der Waals surface area (Å²) in [5.74, 6) is 3.42. The first kappa shape index (κ1) is 24.3. The molecule has 0 unspecified atom stereocenters. The van der Waals surface area contributed by atoms with Gasteiger partial charge in [-0.1, -0.05) is 28.1 Å². The lowest BCUT2D eigenvalue weighted by Gasteiger charge is -2.20. The Labute approximate surface area is 219 Å². The van der Waals surface area contributed by atoms with Gasteiger partial charge in [0.1, 0.15) is 24.7 Å². The highest BCUT2D eigenvalue weighted by Gasteiger charge is 2.21. The van der Waals surface area contributed by atoms with Crippen LogP contribution >= 0.6 is 15.9 Å². The molecule has 5 rings (SSSR count). The number of nitrogens with one attached hydrogen (secondary N) is 1. The Kier molecular flexibility index (Phi) is 8.12. The average molecular weight is 552 g/mol. The van der Waals surface area contributed by atoms with E-state index in [2.05, 4.69) is 46.2 Å². The fourth-order valence-electron chi connectivity index (χ4n) is 4.24. The lowest BCUT2D eigenvalue weighted by atomic mass is 10.2. The van der Waals surface area contributed by atoms with Crippen molar-refractivity contribution in [1.29, 1.82) is 0 Å². The quantitative estimate of drug-likeness (QED) is 0.219. The summed E-state index contributed by atoms with van der Waals surface area (Å²) in [5.41, 5.74) is 3.86. The number of benzene rings is 2. The molecule has 0 bridgehead atoms. The lowest BCUT2D eigenvalue weighted by molar-refractivity contribution is 0.217. The highest BCUT2D eigenvalue weighted by molar-refractivity contribution is 9.10. The second-order valence-electron chi connectivity index (χ2n) is 8.71. The first-order valence-corrected chi connectivity index (χ1v) is 13.2. The van der Waals surface area contributed by atoms with Crippen molar-refractivity contribution in [3.05, 3.63) is 58.6 Å². The van der Waals surface area contributed by atoms with Crippen LogP contribution in [0.15, 0.2) is 58.1 Å². The molecule has 0 aliphatic carbocycles. The van der Waals surface area contributed by atoms with E-state index in [4.69, 9.17) is 14.5 Å². The van der Waals surface area contributed by atoms with E-state index in [0.717, 1.165) is 85.3 Å². The van der Waals surface area contributed by atoms with Crippen molar-refractivity contribution in [2.75, 3.05) is 54.6 Å². The largest absolute Gasteiger partial charge is 0.490 e. The summed E-state index contributed by atoms with van der Waals surface area (Å²) in [6.07, 6.45) is 6.38. The highest BCUT2D eigenvalue weighted by atomic mass is 79.9. The summed E-state index contributed by atoms with van der Waals surface area (Å²) in [6, 6.07) is 15.5. The lowest BCUT2D eigenvalue weighted by Crippen LogP contribution is -2.25. The molecule has 1 aromatic heterocycles. The maximum absolute atomic E-state index is 5.95. The minimum absolute atomic E-state index is 0.417. The average Bonchev–Trinajstić information content (AvgIpc) is 3.64. The van der Waals surface area contributed by atoms with Gasteiger partial charge in [0.2, 0.25) is 17.8 Å². The fraction of sp³-hybridized carbons (Fsp3) is 0.385. The zero-order chi connectivity index (χ0) is 24.6. The number of anilines is 3.